The highest BCUT2D eigenvalue weighted by Crippen LogP contribution is 2.34. The van der Waals surface area contributed by atoms with Crippen molar-refractivity contribution in [3.63, 3.8) is 0 Å². The minimum atomic E-state index is 0.682. The first kappa shape index (κ1) is 14.8. The van der Waals surface area contributed by atoms with E-state index < -0.39 is 0 Å². The van der Waals surface area contributed by atoms with Crippen molar-refractivity contribution in [2.45, 2.75) is 59.5 Å². The van der Waals surface area contributed by atoms with Gasteiger partial charge >= 0.3 is 0 Å². The number of nitrogens with one attached hydrogen (secondary N) is 1. The third-order valence-electron chi connectivity index (χ3n) is 3.91. The van der Waals surface area contributed by atoms with Crippen LogP contribution in [0.4, 0.5) is 5.13 Å². The van der Waals surface area contributed by atoms with Crippen LogP contribution in [0.1, 0.15) is 50.6 Å². The van der Waals surface area contributed by atoms with Gasteiger partial charge in [-0.1, -0.05) is 20.8 Å². The molecule has 1 N–H and O–H groups in total. The molecule has 4 heteroatoms. The van der Waals surface area contributed by atoms with Gasteiger partial charge in [0.25, 0.3) is 0 Å². The topological polar surface area (TPSA) is 28.2 Å². The average Bonchev–Trinajstić information content (AvgIpc) is 2.96. The number of rotatable bonds is 6. The van der Waals surface area contributed by atoms with E-state index in [-0.39, 0.29) is 0 Å². The summed E-state index contributed by atoms with van der Waals surface area (Å²) in [6.45, 7) is 12.2. The van der Waals surface area contributed by atoms with Crippen molar-refractivity contribution in [2.75, 3.05) is 18.0 Å². The molecular weight excluding hydrogens is 254 g/mol. The number of nitrogens with zero attached hydrogens (tertiary/aromatic N) is 2. The van der Waals surface area contributed by atoms with Crippen LogP contribution in [0, 0.1) is 12.8 Å². The van der Waals surface area contributed by atoms with E-state index in [1.807, 2.05) is 11.3 Å². The van der Waals surface area contributed by atoms with Crippen molar-refractivity contribution in [2.24, 2.45) is 5.92 Å². The Morgan fingerprint density at radius 1 is 1.47 bits per heavy atom. The molecular formula is C15H27N3S. The van der Waals surface area contributed by atoms with Gasteiger partial charge in [-0.3, -0.25) is 0 Å². The van der Waals surface area contributed by atoms with Crippen LogP contribution in [0.5, 0.6) is 0 Å². The van der Waals surface area contributed by atoms with Gasteiger partial charge < -0.3 is 10.2 Å². The summed E-state index contributed by atoms with van der Waals surface area (Å²) in [4.78, 5) is 8.74. The molecule has 0 radical (unpaired) electrons. The molecule has 0 saturated carbocycles. The fraction of sp³-hybridized carbons (Fsp3) is 0.800. The number of aryl methyl sites for hydroxylation is 1. The summed E-state index contributed by atoms with van der Waals surface area (Å²) >= 11 is 1.88. The van der Waals surface area contributed by atoms with Crippen LogP contribution < -0.4 is 10.2 Å². The van der Waals surface area contributed by atoms with Gasteiger partial charge in [0.2, 0.25) is 0 Å². The van der Waals surface area contributed by atoms with E-state index in [1.165, 1.54) is 41.5 Å². The van der Waals surface area contributed by atoms with Gasteiger partial charge in [-0.2, -0.15) is 0 Å². The number of thiazole rings is 1. The van der Waals surface area contributed by atoms with Crippen LogP contribution in [0.3, 0.4) is 0 Å². The fourth-order valence-electron chi connectivity index (χ4n) is 2.80. The van der Waals surface area contributed by atoms with Gasteiger partial charge in [-0.25, -0.2) is 4.98 Å². The third kappa shape index (κ3) is 3.48. The van der Waals surface area contributed by atoms with Crippen molar-refractivity contribution < 1.29 is 0 Å². The van der Waals surface area contributed by atoms with Gasteiger partial charge in [0.05, 0.1) is 5.69 Å². The molecule has 1 saturated heterocycles. The molecule has 1 aromatic rings. The maximum atomic E-state index is 4.81. The monoisotopic (exact) mass is 281 g/mol. The molecule has 1 unspecified atom stereocenters. The van der Waals surface area contributed by atoms with E-state index in [2.05, 4.69) is 37.9 Å². The highest BCUT2D eigenvalue weighted by Gasteiger charge is 2.29. The van der Waals surface area contributed by atoms with Crippen LogP contribution >= 0.6 is 11.3 Å². The summed E-state index contributed by atoms with van der Waals surface area (Å²) in [5.74, 6) is 0.716. The van der Waals surface area contributed by atoms with Crippen molar-refractivity contribution in [1.29, 1.82) is 0 Å². The molecule has 1 fully saturated rings. The second-order valence-corrected chi connectivity index (χ2v) is 6.89. The summed E-state index contributed by atoms with van der Waals surface area (Å²) < 4.78 is 0. The molecule has 3 nitrogen and oxygen atoms in total. The van der Waals surface area contributed by atoms with Crippen molar-refractivity contribution >= 4 is 16.5 Å². The Hall–Kier alpha value is -0.610. The molecule has 2 rings (SSSR count). The molecule has 0 spiro atoms. The summed E-state index contributed by atoms with van der Waals surface area (Å²) in [5.41, 5.74) is 1.21. The Morgan fingerprint density at radius 2 is 2.26 bits per heavy atom. The number of hydrogen-bond donors (Lipinski definition) is 1. The van der Waals surface area contributed by atoms with Crippen molar-refractivity contribution in [3.8, 4) is 0 Å². The molecule has 0 bridgehead atoms. The Kier molecular flexibility index (Phi) is 5.22. The molecule has 0 aliphatic carbocycles. The lowest BCUT2D eigenvalue weighted by atomic mass is 10.0. The highest BCUT2D eigenvalue weighted by atomic mass is 32.1. The van der Waals surface area contributed by atoms with Gasteiger partial charge in [0.1, 0.15) is 0 Å². The van der Waals surface area contributed by atoms with E-state index >= 15 is 0 Å². The lowest BCUT2D eigenvalue weighted by molar-refractivity contribution is 0.491. The maximum Gasteiger partial charge on any atom is 0.186 e. The highest BCUT2D eigenvalue weighted by molar-refractivity contribution is 7.15. The van der Waals surface area contributed by atoms with E-state index in [9.17, 15) is 0 Å². The van der Waals surface area contributed by atoms with Gasteiger partial charge in [0, 0.05) is 24.0 Å². The van der Waals surface area contributed by atoms with Gasteiger partial charge in [-0.05, 0) is 38.6 Å². The Labute approximate surface area is 121 Å². The molecule has 19 heavy (non-hydrogen) atoms. The minimum absolute atomic E-state index is 0.682. The van der Waals surface area contributed by atoms with E-state index in [0.717, 1.165) is 13.1 Å². The maximum absolute atomic E-state index is 4.81. The number of anilines is 1. The summed E-state index contributed by atoms with van der Waals surface area (Å²) in [5, 5.41) is 4.72. The van der Waals surface area contributed by atoms with Crippen LogP contribution in [-0.4, -0.2) is 24.1 Å². The molecule has 0 aromatic carbocycles. The molecule has 1 aliphatic heterocycles. The first-order chi connectivity index (χ1) is 9.13. The summed E-state index contributed by atoms with van der Waals surface area (Å²) in [6, 6.07) is 0.682. The number of aromatic nitrogens is 1. The lowest BCUT2D eigenvalue weighted by Gasteiger charge is -2.27. The quantitative estimate of drug-likeness (QED) is 0.808. The first-order valence-corrected chi connectivity index (χ1v) is 8.38. The predicted octanol–water partition coefficient (Wildman–Crippen LogP) is 3.58. The van der Waals surface area contributed by atoms with Crippen LogP contribution in [-0.2, 0) is 6.54 Å². The molecule has 1 aromatic heterocycles. The minimum Gasteiger partial charge on any atom is -0.345 e. The predicted molar refractivity (Wildman–Crippen MR) is 84.1 cm³/mol. The second-order valence-electron chi connectivity index (χ2n) is 5.83. The second kappa shape index (κ2) is 6.71. The van der Waals surface area contributed by atoms with Crippen LogP contribution in [0.2, 0.25) is 0 Å². The van der Waals surface area contributed by atoms with Crippen LogP contribution in [0.15, 0.2) is 0 Å². The number of hydrogen-bond acceptors (Lipinski definition) is 4. The third-order valence-corrected chi connectivity index (χ3v) is 5.10. The molecule has 1 atom stereocenters. The summed E-state index contributed by atoms with van der Waals surface area (Å²) in [7, 11) is 0. The SMILES string of the molecule is CCCNCc1sc(N2CCCC2C(C)C)nc1C. The fourth-order valence-corrected chi connectivity index (χ4v) is 3.92. The van der Waals surface area contributed by atoms with E-state index in [0.29, 0.717) is 12.0 Å². The molecule has 2 heterocycles. The Bertz CT molecular complexity index is 400. The van der Waals surface area contributed by atoms with E-state index in [1.54, 1.807) is 0 Å². The molecule has 1 aliphatic rings. The average molecular weight is 281 g/mol. The first-order valence-electron chi connectivity index (χ1n) is 7.57. The van der Waals surface area contributed by atoms with Crippen molar-refractivity contribution in [3.05, 3.63) is 10.6 Å². The standard InChI is InChI=1S/C15H27N3S/c1-5-8-16-10-14-12(4)17-15(19-14)18-9-6-7-13(18)11(2)3/h11,13,16H,5-10H2,1-4H3. The van der Waals surface area contributed by atoms with Gasteiger partial charge in [0.15, 0.2) is 5.13 Å². The lowest BCUT2D eigenvalue weighted by Crippen LogP contribution is -2.33. The normalized spacial score (nSPS) is 19.6. The largest absolute Gasteiger partial charge is 0.345 e. The zero-order chi connectivity index (χ0) is 13.8. The summed E-state index contributed by atoms with van der Waals surface area (Å²) in [6.07, 6.45) is 3.82. The zero-order valence-electron chi connectivity index (χ0n) is 12.7. The smallest absolute Gasteiger partial charge is 0.186 e. The van der Waals surface area contributed by atoms with Crippen molar-refractivity contribution in [1.82, 2.24) is 10.3 Å². The van der Waals surface area contributed by atoms with E-state index in [4.69, 9.17) is 4.98 Å². The Morgan fingerprint density at radius 3 is 2.95 bits per heavy atom. The zero-order valence-corrected chi connectivity index (χ0v) is 13.5. The van der Waals surface area contributed by atoms with Crippen LogP contribution in [0.25, 0.3) is 0 Å². The molecule has 108 valence electrons. The Balaban J connectivity index is 2.06. The van der Waals surface area contributed by atoms with Gasteiger partial charge in [-0.15, -0.1) is 11.3 Å². The molecule has 0 amide bonds.